The normalized spacial score (nSPS) is 10.8. The average Bonchev–Trinajstić information content (AvgIpc) is 2.93. The number of para-hydroxylation sites is 2. The van der Waals surface area contributed by atoms with Crippen molar-refractivity contribution in [3.8, 4) is 0 Å². The molecule has 0 bridgehead atoms. The molecular weight excluding hydrogens is 267 g/mol. The Balaban J connectivity index is 2.06. The number of rotatable bonds is 3. The van der Waals surface area contributed by atoms with Crippen LogP contribution in [0.1, 0.15) is 17.3 Å². The van der Waals surface area contributed by atoms with Crippen molar-refractivity contribution in [2.75, 3.05) is 11.4 Å². The van der Waals surface area contributed by atoms with Gasteiger partial charge in [0.25, 0.3) is 5.91 Å². The Kier molecular flexibility index (Phi) is 3.44. The minimum Gasteiger partial charge on any atom is -0.360 e. The molecule has 106 valence electrons. The van der Waals surface area contributed by atoms with Gasteiger partial charge in [0.05, 0.1) is 11.3 Å². The lowest BCUT2D eigenvalue weighted by atomic mass is 10.1. The van der Waals surface area contributed by atoms with E-state index in [4.69, 9.17) is 0 Å². The van der Waals surface area contributed by atoms with E-state index in [1.165, 1.54) is 11.0 Å². The molecule has 1 aromatic heterocycles. The van der Waals surface area contributed by atoms with Crippen LogP contribution in [-0.4, -0.2) is 17.4 Å². The lowest BCUT2D eigenvalue weighted by Crippen LogP contribution is -2.31. The van der Waals surface area contributed by atoms with Crippen LogP contribution in [-0.2, 0) is 0 Å². The lowest BCUT2D eigenvalue weighted by Gasteiger charge is -2.21. The number of aromatic amines is 1. The fourth-order valence-electron chi connectivity index (χ4n) is 2.49. The molecule has 2 aromatic carbocycles. The molecule has 0 aliphatic heterocycles. The molecule has 1 heterocycles. The molecule has 3 nitrogen and oxygen atoms in total. The molecule has 0 aliphatic carbocycles. The molecule has 21 heavy (non-hydrogen) atoms. The van der Waals surface area contributed by atoms with Gasteiger partial charge in [0, 0.05) is 23.6 Å². The molecule has 1 N–H and O–H groups in total. The molecule has 0 atom stereocenters. The monoisotopic (exact) mass is 282 g/mol. The van der Waals surface area contributed by atoms with Crippen LogP contribution in [0.4, 0.5) is 10.1 Å². The molecule has 0 radical (unpaired) electrons. The van der Waals surface area contributed by atoms with Crippen molar-refractivity contribution in [1.82, 2.24) is 4.98 Å². The second kappa shape index (κ2) is 5.40. The summed E-state index contributed by atoms with van der Waals surface area (Å²) in [5.41, 5.74) is 1.75. The maximum atomic E-state index is 13.9. The Bertz CT molecular complexity index is 794. The third-order valence-electron chi connectivity index (χ3n) is 3.52. The van der Waals surface area contributed by atoms with Crippen LogP contribution in [0, 0.1) is 5.82 Å². The van der Waals surface area contributed by atoms with Crippen LogP contribution in [0.2, 0.25) is 0 Å². The number of hydrogen-bond acceptors (Lipinski definition) is 1. The Hall–Kier alpha value is -2.62. The molecule has 0 spiro atoms. The number of H-pyrrole nitrogens is 1. The van der Waals surface area contributed by atoms with Crippen LogP contribution >= 0.6 is 0 Å². The van der Waals surface area contributed by atoms with Gasteiger partial charge >= 0.3 is 0 Å². The SMILES string of the molecule is CCN(C(=O)c1c[nH]c2ccccc12)c1ccccc1F. The molecule has 1 amide bonds. The number of carbonyl (C=O) groups excluding carboxylic acids is 1. The van der Waals surface area contributed by atoms with Gasteiger partial charge in [-0.15, -0.1) is 0 Å². The zero-order valence-electron chi connectivity index (χ0n) is 11.6. The van der Waals surface area contributed by atoms with Gasteiger partial charge in [0.2, 0.25) is 0 Å². The van der Waals surface area contributed by atoms with Gasteiger partial charge in [-0.05, 0) is 25.1 Å². The number of nitrogens with zero attached hydrogens (tertiary/aromatic N) is 1. The number of halogens is 1. The van der Waals surface area contributed by atoms with E-state index >= 15 is 0 Å². The first-order chi connectivity index (χ1) is 10.2. The van der Waals surface area contributed by atoms with Crippen molar-refractivity contribution >= 4 is 22.5 Å². The van der Waals surface area contributed by atoms with Crippen molar-refractivity contribution in [1.29, 1.82) is 0 Å². The van der Waals surface area contributed by atoms with E-state index in [-0.39, 0.29) is 5.91 Å². The van der Waals surface area contributed by atoms with Crippen LogP contribution < -0.4 is 4.90 Å². The van der Waals surface area contributed by atoms with Crippen molar-refractivity contribution < 1.29 is 9.18 Å². The fraction of sp³-hybridized carbons (Fsp3) is 0.118. The molecule has 0 fully saturated rings. The fourth-order valence-corrected chi connectivity index (χ4v) is 2.49. The minimum atomic E-state index is -0.396. The number of carbonyl (C=O) groups is 1. The molecular formula is C17H15FN2O. The van der Waals surface area contributed by atoms with E-state index in [1.54, 1.807) is 24.4 Å². The second-order valence-corrected chi connectivity index (χ2v) is 4.75. The molecule has 3 rings (SSSR count). The maximum absolute atomic E-state index is 13.9. The number of aromatic nitrogens is 1. The van der Waals surface area contributed by atoms with Crippen molar-refractivity contribution in [3.05, 3.63) is 66.1 Å². The molecule has 4 heteroatoms. The van der Waals surface area contributed by atoms with Crippen molar-refractivity contribution in [3.63, 3.8) is 0 Å². The summed E-state index contributed by atoms with van der Waals surface area (Å²) in [5.74, 6) is -0.604. The summed E-state index contributed by atoms with van der Waals surface area (Å²) >= 11 is 0. The largest absolute Gasteiger partial charge is 0.360 e. The first-order valence-electron chi connectivity index (χ1n) is 6.85. The van der Waals surface area contributed by atoms with Gasteiger partial charge in [0.1, 0.15) is 5.82 Å². The summed E-state index contributed by atoms with van der Waals surface area (Å²) in [7, 11) is 0. The zero-order chi connectivity index (χ0) is 14.8. The van der Waals surface area contributed by atoms with E-state index in [0.29, 0.717) is 17.8 Å². The summed E-state index contributed by atoms with van der Waals surface area (Å²) in [5, 5.41) is 0.845. The van der Waals surface area contributed by atoms with Gasteiger partial charge in [-0.1, -0.05) is 30.3 Å². The van der Waals surface area contributed by atoms with Gasteiger partial charge in [-0.25, -0.2) is 4.39 Å². The van der Waals surface area contributed by atoms with Crippen LogP contribution in [0.15, 0.2) is 54.7 Å². The summed E-state index contributed by atoms with van der Waals surface area (Å²) < 4.78 is 13.9. The smallest absolute Gasteiger partial charge is 0.260 e. The number of anilines is 1. The van der Waals surface area contributed by atoms with E-state index in [0.717, 1.165) is 10.9 Å². The van der Waals surface area contributed by atoms with E-state index in [2.05, 4.69) is 4.98 Å². The number of fused-ring (bicyclic) bond motifs is 1. The third-order valence-corrected chi connectivity index (χ3v) is 3.52. The van der Waals surface area contributed by atoms with Gasteiger partial charge in [-0.2, -0.15) is 0 Å². The van der Waals surface area contributed by atoms with Crippen LogP contribution in [0.25, 0.3) is 10.9 Å². The number of amides is 1. The number of nitrogens with one attached hydrogen (secondary N) is 1. The Morgan fingerprint density at radius 2 is 1.86 bits per heavy atom. The summed E-state index contributed by atoms with van der Waals surface area (Å²) in [4.78, 5) is 17.3. The highest BCUT2D eigenvalue weighted by molar-refractivity contribution is 6.13. The predicted molar refractivity (Wildman–Crippen MR) is 82.0 cm³/mol. The number of hydrogen-bond donors (Lipinski definition) is 1. The summed E-state index contributed by atoms with van der Waals surface area (Å²) in [6.45, 7) is 2.23. The van der Waals surface area contributed by atoms with Gasteiger partial charge < -0.3 is 9.88 Å². The third kappa shape index (κ3) is 2.29. The van der Waals surface area contributed by atoms with Crippen LogP contribution in [0.5, 0.6) is 0 Å². The molecule has 0 saturated heterocycles. The van der Waals surface area contributed by atoms with Crippen LogP contribution in [0.3, 0.4) is 0 Å². The topological polar surface area (TPSA) is 36.1 Å². The molecule has 0 saturated carbocycles. The Morgan fingerprint density at radius 1 is 1.14 bits per heavy atom. The van der Waals surface area contributed by atoms with E-state index in [1.807, 2.05) is 31.2 Å². The summed E-state index contributed by atoms with van der Waals surface area (Å²) in [6.07, 6.45) is 1.68. The maximum Gasteiger partial charge on any atom is 0.260 e. The highest BCUT2D eigenvalue weighted by Gasteiger charge is 2.21. The van der Waals surface area contributed by atoms with Gasteiger partial charge in [-0.3, -0.25) is 4.79 Å². The standard InChI is InChI=1S/C17H15FN2O/c1-2-20(16-10-6-4-8-14(16)18)17(21)13-11-19-15-9-5-3-7-12(13)15/h3-11,19H,2H2,1H3. The molecule has 0 aliphatic rings. The summed E-state index contributed by atoms with van der Waals surface area (Å²) in [6, 6.07) is 13.9. The first kappa shape index (κ1) is 13.4. The zero-order valence-corrected chi connectivity index (χ0v) is 11.6. The highest BCUT2D eigenvalue weighted by Crippen LogP contribution is 2.24. The molecule has 0 unspecified atom stereocenters. The Labute approximate surface area is 122 Å². The van der Waals surface area contributed by atoms with E-state index < -0.39 is 5.82 Å². The van der Waals surface area contributed by atoms with Crippen molar-refractivity contribution in [2.45, 2.75) is 6.92 Å². The second-order valence-electron chi connectivity index (χ2n) is 4.75. The predicted octanol–water partition coefficient (Wildman–Crippen LogP) is 3.97. The minimum absolute atomic E-state index is 0.208. The Morgan fingerprint density at radius 3 is 2.62 bits per heavy atom. The van der Waals surface area contributed by atoms with Gasteiger partial charge in [0.15, 0.2) is 0 Å². The average molecular weight is 282 g/mol. The van der Waals surface area contributed by atoms with Crippen molar-refractivity contribution in [2.24, 2.45) is 0 Å². The lowest BCUT2D eigenvalue weighted by molar-refractivity contribution is 0.0989. The molecule has 3 aromatic rings. The first-order valence-corrected chi connectivity index (χ1v) is 6.85. The number of benzene rings is 2. The van der Waals surface area contributed by atoms with E-state index in [9.17, 15) is 9.18 Å². The highest BCUT2D eigenvalue weighted by atomic mass is 19.1. The quantitative estimate of drug-likeness (QED) is 0.775.